The van der Waals surface area contributed by atoms with Crippen molar-refractivity contribution in [1.29, 1.82) is 0 Å². The van der Waals surface area contributed by atoms with Gasteiger partial charge in [-0.2, -0.15) is 5.10 Å². The van der Waals surface area contributed by atoms with Gasteiger partial charge in [0, 0.05) is 18.4 Å². The van der Waals surface area contributed by atoms with Gasteiger partial charge in [-0.15, -0.1) is 0 Å². The number of nitrogens with zero attached hydrogens (tertiary/aromatic N) is 3. The Balaban J connectivity index is 1.85. The number of nitrogens with one attached hydrogen (secondary N) is 2. The third kappa shape index (κ3) is 2.52. The lowest BCUT2D eigenvalue weighted by Gasteiger charge is -2.14. The Hall–Kier alpha value is -2.89. The van der Waals surface area contributed by atoms with Crippen LogP contribution in [0.3, 0.4) is 0 Å². The van der Waals surface area contributed by atoms with Crippen LogP contribution in [0.4, 0.5) is 11.5 Å². The lowest BCUT2D eigenvalue weighted by atomic mass is 10.0. The number of hydrogen-bond acceptors (Lipinski definition) is 4. The maximum Gasteiger partial charge on any atom is 0.256 e. The van der Waals surface area contributed by atoms with Gasteiger partial charge in [-0.25, -0.2) is 9.50 Å². The van der Waals surface area contributed by atoms with E-state index in [1.807, 2.05) is 12.3 Å². The molecule has 0 atom stereocenters. The molecule has 3 aromatic rings. The van der Waals surface area contributed by atoms with E-state index in [0.29, 0.717) is 23.6 Å². The van der Waals surface area contributed by atoms with Gasteiger partial charge in [0.25, 0.3) is 5.91 Å². The van der Waals surface area contributed by atoms with E-state index in [9.17, 15) is 4.79 Å². The van der Waals surface area contributed by atoms with Crippen molar-refractivity contribution in [2.24, 2.45) is 0 Å². The number of amides is 1. The Labute approximate surface area is 133 Å². The summed E-state index contributed by atoms with van der Waals surface area (Å²) in [6.07, 6.45) is 5.15. The Morgan fingerprint density at radius 2 is 2.17 bits per heavy atom. The number of aryl methyl sites for hydroxylation is 2. The predicted octanol–water partition coefficient (Wildman–Crippen LogP) is 2.46. The third-order valence-electron chi connectivity index (χ3n) is 4.05. The second kappa shape index (κ2) is 5.39. The molecule has 1 aromatic carbocycles. The lowest BCUT2D eigenvalue weighted by molar-refractivity contribution is 0.0954. The zero-order chi connectivity index (χ0) is 15.8. The number of rotatable bonds is 0. The summed E-state index contributed by atoms with van der Waals surface area (Å²) in [4.78, 5) is 16.8. The fourth-order valence-corrected chi connectivity index (χ4v) is 2.84. The highest BCUT2D eigenvalue weighted by Crippen LogP contribution is 2.24. The van der Waals surface area contributed by atoms with Gasteiger partial charge < -0.3 is 10.6 Å². The summed E-state index contributed by atoms with van der Waals surface area (Å²) in [6.45, 7) is 2.70. The summed E-state index contributed by atoms with van der Waals surface area (Å²) in [7, 11) is 0. The molecule has 2 N–H and O–H groups in total. The number of carbonyl (C=O) groups excluding carboxylic acids is 1. The summed E-state index contributed by atoms with van der Waals surface area (Å²) < 4.78 is 1.61. The van der Waals surface area contributed by atoms with Crippen molar-refractivity contribution in [3.63, 3.8) is 0 Å². The molecule has 4 rings (SSSR count). The van der Waals surface area contributed by atoms with Crippen LogP contribution in [0, 0.1) is 6.92 Å². The molecule has 1 aliphatic heterocycles. The molecule has 2 bridgehead atoms. The Morgan fingerprint density at radius 3 is 3.09 bits per heavy atom. The molecule has 0 spiro atoms. The van der Waals surface area contributed by atoms with Crippen LogP contribution in [0.1, 0.15) is 27.9 Å². The summed E-state index contributed by atoms with van der Waals surface area (Å²) in [5, 5.41) is 10.5. The SMILES string of the molecule is Cc1ccc2c(c1)Nc1ccn3ncc(c3n1)C(=O)NCCC2. The predicted molar refractivity (Wildman–Crippen MR) is 88.1 cm³/mol. The molecular formula is C17H17N5O. The van der Waals surface area contributed by atoms with Gasteiger partial charge in [0.05, 0.1) is 6.20 Å². The molecule has 116 valence electrons. The summed E-state index contributed by atoms with van der Waals surface area (Å²) >= 11 is 0. The molecule has 1 aliphatic rings. The molecule has 0 saturated heterocycles. The van der Waals surface area contributed by atoms with Crippen molar-refractivity contribution in [1.82, 2.24) is 19.9 Å². The Kier molecular flexibility index (Phi) is 3.22. The van der Waals surface area contributed by atoms with Crippen LogP contribution in [0.5, 0.6) is 0 Å². The van der Waals surface area contributed by atoms with Crippen LogP contribution in [-0.2, 0) is 6.42 Å². The summed E-state index contributed by atoms with van der Waals surface area (Å²) in [6, 6.07) is 8.23. The number of benzene rings is 1. The fraction of sp³-hybridized carbons (Fsp3) is 0.235. The van der Waals surface area contributed by atoms with Crippen LogP contribution < -0.4 is 10.6 Å². The van der Waals surface area contributed by atoms with Crippen molar-refractivity contribution in [3.8, 4) is 0 Å². The van der Waals surface area contributed by atoms with Crippen LogP contribution in [0.15, 0.2) is 36.7 Å². The van der Waals surface area contributed by atoms with Crippen molar-refractivity contribution < 1.29 is 4.79 Å². The van der Waals surface area contributed by atoms with E-state index >= 15 is 0 Å². The Morgan fingerprint density at radius 1 is 1.26 bits per heavy atom. The van der Waals surface area contributed by atoms with E-state index in [1.54, 1.807) is 10.7 Å². The maximum absolute atomic E-state index is 12.3. The summed E-state index contributed by atoms with van der Waals surface area (Å²) in [5.41, 5.74) is 4.54. The first-order valence-electron chi connectivity index (χ1n) is 7.70. The first kappa shape index (κ1) is 13.8. The molecule has 0 radical (unpaired) electrons. The number of anilines is 2. The van der Waals surface area contributed by atoms with E-state index in [2.05, 4.69) is 45.8 Å². The average molecular weight is 307 g/mol. The van der Waals surface area contributed by atoms with Crippen LogP contribution in [0.2, 0.25) is 0 Å². The molecule has 3 heterocycles. The normalized spacial score (nSPS) is 14.6. The number of carbonyl (C=O) groups is 1. The minimum absolute atomic E-state index is 0.130. The quantitative estimate of drug-likeness (QED) is 0.669. The molecular weight excluding hydrogens is 290 g/mol. The van der Waals surface area contributed by atoms with Crippen molar-refractivity contribution >= 4 is 23.1 Å². The molecule has 0 unspecified atom stereocenters. The van der Waals surface area contributed by atoms with E-state index in [4.69, 9.17) is 0 Å². The first-order chi connectivity index (χ1) is 11.2. The van der Waals surface area contributed by atoms with Gasteiger partial charge in [0.2, 0.25) is 0 Å². The van der Waals surface area contributed by atoms with E-state index in [0.717, 1.165) is 18.5 Å². The molecule has 6 nitrogen and oxygen atoms in total. The molecule has 2 aromatic heterocycles. The monoisotopic (exact) mass is 307 g/mol. The van der Waals surface area contributed by atoms with Crippen molar-refractivity contribution in [3.05, 3.63) is 53.3 Å². The maximum atomic E-state index is 12.3. The molecule has 1 amide bonds. The Bertz CT molecular complexity index is 899. The standard InChI is InChI=1S/C17H17N5O/c1-11-4-5-12-3-2-7-18-17(23)13-10-19-22-8-6-15(21-16(13)22)20-14(12)9-11/h4-6,8-10H,2-3,7H2,1H3,(H,18,23)(H,20,21). The topological polar surface area (TPSA) is 71.3 Å². The minimum Gasteiger partial charge on any atom is -0.352 e. The van der Waals surface area contributed by atoms with E-state index in [-0.39, 0.29) is 5.91 Å². The fourth-order valence-electron chi connectivity index (χ4n) is 2.84. The largest absolute Gasteiger partial charge is 0.352 e. The molecule has 0 aliphatic carbocycles. The van der Waals surface area contributed by atoms with Gasteiger partial charge in [-0.05, 0) is 43.0 Å². The van der Waals surface area contributed by atoms with Gasteiger partial charge in [0.15, 0.2) is 5.65 Å². The zero-order valence-corrected chi connectivity index (χ0v) is 12.8. The zero-order valence-electron chi connectivity index (χ0n) is 12.8. The van der Waals surface area contributed by atoms with Crippen LogP contribution in [0.25, 0.3) is 5.65 Å². The summed E-state index contributed by atoms with van der Waals surface area (Å²) in [5.74, 6) is 0.578. The van der Waals surface area contributed by atoms with Crippen molar-refractivity contribution in [2.75, 3.05) is 11.9 Å². The molecule has 0 fully saturated rings. The van der Waals surface area contributed by atoms with E-state index in [1.165, 1.54) is 11.1 Å². The minimum atomic E-state index is -0.130. The van der Waals surface area contributed by atoms with Gasteiger partial charge in [-0.3, -0.25) is 4.79 Å². The number of fused-ring (bicyclic) bond motifs is 2. The highest BCUT2D eigenvalue weighted by atomic mass is 16.1. The highest BCUT2D eigenvalue weighted by molar-refractivity contribution is 5.99. The second-order valence-electron chi connectivity index (χ2n) is 5.78. The van der Waals surface area contributed by atoms with Crippen LogP contribution in [-0.4, -0.2) is 27.0 Å². The van der Waals surface area contributed by atoms with Gasteiger partial charge in [0.1, 0.15) is 11.4 Å². The highest BCUT2D eigenvalue weighted by Gasteiger charge is 2.15. The smallest absolute Gasteiger partial charge is 0.256 e. The van der Waals surface area contributed by atoms with Gasteiger partial charge in [-0.1, -0.05) is 12.1 Å². The molecule has 0 saturated carbocycles. The lowest BCUT2D eigenvalue weighted by Crippen LogP contribution is -2.25. The number of hydrogen-bond donors (Lipinski definition) is 2. The molecule has 23 heavy (non-hydrogen) atoms. The third-order valence-corrected chi connectivity index (χ3v) is 4.05. The van der Waals surface area contributed by atoms with E-state index < -0.39 is 0 Å². The van der Waals surface area contributed by atoms with Crippen molar-refractivity contribution in [2.45, 2.75) is 19.8 Å². The van der Waals surface area contributed by atoms with Crippen LogP contribution >= 0.6 is 0 Å². The average Bonchev–Trinajstić information content (AvgIpc) is 2.95. The van der Waals surface area contributed by atoms with Gasteiger partial charge >= 0.3 is 0 Å². The first-order valence-corrected chi connectivity index (χ1v) is 7.70. The molecule has 6 heteroatoms. The second-order valence-corrected chi connectivity index (χ2v) is 5.78. The number of aromatic nitrogens is 3.